The largest absolute Gasteiger partial charge is 0.497 e. The van der Waals surface area contributed by atoms with Gasteiger partial charge in [-0.15, -0.1) is 0 Å². The summed E-state index contributed by atoms with van der Waals surface area (Å²) >= 11 is 0. The SMILES string of the molecule is COc1ccc(-c2noc(C(C)NC(=O)c3nc4ccccc4[nH]3)c2C(=O)O)cc1. The van der Waals surface area contributed by atoms with Crippen LogP contribution in [-0.4, -0.2) is 39.2 Å². The van der Waals surface area contributed by atoms with E-state index in [4.69, 9.17) is 9.26 Å². The summed E-state index contributed by atoms with van der Waals surface area (Å²) in [6.45, 7) is 1.62. The molecular weight excluding hydrogens is 388 g/mol. The Hall–Kier alpha value is -4.14. The van der Waals surface area contributed by atoms with E-state index in [-0.39, 0.29) is 22.8 Å². The molecule has 0 aliphatic heterocycles. The molecule has 3 N–H and O–H groups in total. The fourth-order valence-electron chi connectivity index (χ4n) is 3.14. The highest BCUT2D eigenvalue weighted by Crippen LogP contribution is 2.30. The standard InChI is InChI=1S/C21H18N4O5/c1-11(22-20(26)19-23-14-5-3-4-6-15(14)24-19)18-16(21(27)28)17(25-30-18)12-7-9-13(29-2)10-8-12/h3-11H,1-2H3,(H,22,26)(H,23,24)(H,27,28). The van der Waals surface area contributed by atoms with Gasteiger partial charge < -0.3 is 24.7 Å². The first-order valence-electron chi connectivity index (χ1n) is 9.11. The van der Waals surface area contributed by atoms with Crippen molar-refractivity contribution in [2.24, 2.45) is 0 Å². The number of para-hydroxylation sites is 2. The average molecular weight is 406 g/mol. The Morgan fingerprint density at radius 2 is 1.90 bits per heavy atom. The molecule has 9 nitrogen and oxygen atoms in total. The lowest BCUT2D eigenvalue weighted by Crippen LogP contribution is -2.28. The second-order valence-electron chi connectivity index (χ2n) is 6.60. The smallest absolute Gasteiger partial charge is 0.341 e. The highest BCUT2D eigenvalue weighted by atomic mass is 16.5. The Kier molecular flexibility index (Phi) is 4.93. The maximum atomic E-state index is 12.6. The number of benzene rings is 2. The lowest BCUT2D eigenvalue weighted by Gasteiger charge is -2.10. The molecule has 0 saturated carbocycles. The number of carboxylic acid groups (broad SMARTS) is 1. The molecule has 0 fully saturated rings. The van der Waals surface area contributed by atoms with Gasteiger partial charge in [-0.25, -0.2) is 9.78 Å². The molecule has 152 valence electrons. The van der Waals surface area contributed by atoms with E-state index in [2.05, 4.69) is 20.4 Å². The number of methoxy groups -OCH3 is 1. The molecule has 4 rings (SSSR count). The Morgan fingerprint density at radius 3 is 2.57 bits per heavy atom. The van der Waals surface area contributed by atoms with Gasteiger partial charge in [-0.3, -0.25) is 4.79 Å². The number of hydrogen-bond acceptors (Lipinski definition) is 6. The highest BCUT2D eigenvalue weighted by Gasteiger charge is 2.28. The van der Waals surface area contributed by atoms with Gasteiger partial charge in [0.2, 0.25) is 0 Å². The van der Waals surface area contributed by atoms with E-state index < -0.39 is 17.9 Å². The van der Waals surface area contributed by atoms with Crippen LogP contribution in [0.1, 0.15) is 39.7 Å². The number of rotatable bonds is 6. The van der Waals surface area contributed by atoms with Gasteiger partial charge in [-0.1, -0.05) is 17.3 Å². The van der Waals surface area contributed by atoms with Gasteiger partial charge >= 0.3 is 5.97 Å². The number of carbonyl (C=O) groups is 2. The van der Waals surface area contributed by atoms with E-state index in [9.17, 15) is 14.7 Å². The van der Waals surface area contributed by atoms with Gasteiger partial charge in [0.1, 0.15) is 17.0 Å². The van der Waals surface area contributed by atoms with E-state index in [1.165, 1.54) is 7.11 Å². The third kappa shape index (κ3) is 3.48. The quantitative estimate of drug-likeness (QED) is 0.447. The molecule has 2 aromatic carbocycles. The van der Waals surface area contributed by atoms with Crippen LogP contribution in [0.3, 0.4) is 0 Å². The Labute approximate surface area is 170 Å². The molecular formula is C21H18N4O5. The molecule has 2 aromatic heterocycles. The first kappa shape index (κ1) is 19.2. The molecule has 0 aliphatic carbocycles. The number of aromatic amines is 1. The van der Waals surface area contributed by atoms with Crippen molar-refractivity contribution in [3.63, 3.8) is 0 Å². The molecule has 1 atom stereocenters. The number of carboxylic acids is 1. The van der Waals surface area contributed by atoms with Crippen molar-refractivity contribution < 1.29 is 24.0 Å². The summed E-state index contributed by atoms with van der Waals surface area (Å²) in [6.07, 6.45) is 0. The van der Waals surface area contributed by atoms with E-state index in [0.29, 0.717) is 16.8 Å². The van der Waals surface area contributed by atoms with Crippen LogP contribution in [0.5, 0.6) is 5.75 Å². The molecule has 4 aromatic rings. The van der Waals surface area contributed by atoms with Crippen molar-refractivity contribution in [2.45, 2.75) is 13.0 Å². The number of ether oxygens (including phenoxy) is 1. The van der Waals surface area contributed by atoms with Crippen molar-refractivity contribution >= 4 is 22.9 Å². The topological polar surface area (TPSA) is 130 Å². The minimum atomic E-state index is -1.21. The molecule has 0 saturated heterocycles. The molecule has 0 radical (unpaired) electrons. The second kappa shape index (κ2) is 7.70. The van der Waals surface area contributed by atoms with Crippen LogP contribution in [0, 0.1) is 0 Å². The predicted molar refractivity (Wildman–Crippen MR) is 107 cm³/mol. The van der Waals surface area contributed by atoms with E-state index in [1.807, 2.05) is 18.2 Å². The third-order valence-electron chi connectivity index (χ3n) is 4.64. The van der Waals surface area contributed by atoms with Crippen LogP contribution < -0.4 is 10.1 Å². The summed E-state index contributed by atoms with van der Waals surface area (Å²) in [5.41, 5.74) is 1.99. The zero-order valence-corrected chi connectivity index (χ0v) is 16.2. The number of amides is 1. The number of nitrogens with zero attached hydrogens (tertiary/aromatic N) is 2. The van der Waals surface area contributed by atoms with Crippen molar-refractivity contribution in [2.75, 3.05) is 7.11 Å². The summed E-state index contributed by atoms with van der Waals surface area (Å²) in [6, 6.07) is 13.3. The number of H-pyrrole nitrogens is 1. The normalized spacial score (nSPS) is 11.9. The number of imidazole rings is 1. The Balaban J connectivity index is 1.61. The van der Waals surface area contributed by atoms with Crippen LogP contribution >= 0.6 is 0 Å². The zero-order chi connectivity index (χ0) is 21.3. The number of aromatic nitrogens is 3. The summed E-state index contributed by atoms with van der Waals surface area (Å²) in [5, 5.41) is 16.4. The zero-order valence-electron chi connectivity index (χ0n) is 16.2. The maximum Gasteiger partial charge on any atom is 0.341 e. The highest BCUT2D eigenvalue weighted by molar-refractivity contribution is 5.97. The third-order valence-corrected chi connectivity index (χ3v) is 4.64. The fraction of sp³-hybridized carbons (Fsp3) is 0.143. The molecule has 9 heteroatoms. The van der Waals surface area contributed by atoms with Crippen LogP contribution in [0.4, 0.5) is 0 Å². The van der Waals surface area contributed by atoms with Crippen LogP contribution in [0.2, 0.25) is 0 Å². The monoisotopic (exact) mass is 406 g/mol. The number of nitrogens with one attached hydrogen (secondary N) is 2. The van der Waals surface area contributed by atoms with Crippen molar-refractivity contribution in [3.8, 4) is 17.0 Å². The van der Waals surface area contributed by atoms with Crippen LogP contribution in [-0.2, 0) is 0 Å². The minimum Gasteiger partial charge on any atom is -0.497 e. The van der Waals surface area contributed by atoms with Gasteiger partial charge in [0.15, 0.2) is 11.6 Å². The maximum absolute atomic E-state index is 12.6. The van der Waals surface area contributed by atoms with Crippen molar-refractivity contribution in [3.05, 3.63) is 65.7 Å². The van der Waals surface area contributed by atoms with Crippen LogP contribution in [0.25, 0.3) is 22.3 Å². The Bertz CT molecular complexity index is 1190. The van der Waals surface area contributed by atoms with Crippen molar-refractivity contribution in [1.82, 2.24) is 20.4 Å². The molecule has 2 heterocycles. The molecule has 0 bridgehead atoms. The molecule has 0 aliphatic rings. The average Bonchev–Trinajstić information content (AvgIpc) is 3.38. The van der Waals surface area contributed by atoms with E-state index in [1.54, 1.807) is 37.3 Å². The molecule has 0 spiro atoms. The van der Waals surface area contributed by atoms with Gasteiger partial charge in [-0.2, -0.15) is 0 Å². The van der Waals surface area contributed by atoms with E-state index >= 15 is 0 Å². The lowest BCUT2D eigenvalue weighted by molar-refractivity contribution is 0.0692. The number of carbonyl (C=O) groups excluding carboxylic acids is 1. The summed E-state index contributed by atoms with van der Waals surface area (Å²) in [5.74, 6) is -0.905. The second-order valence-corrected chi connectivity index (χ2v) is 6.60. The number of fused-ring (bicyclic) bond motifs is 1. The van der Waals surface area contributed by atoms with Gasteiger partial charge in [-0.05, 0) is 43.3 Å². The lowest BCUT2D eigenvalue weighted by atomic mass is 10.0. The van der Waals surface area contributed by atoms with Gasteiger partial charge in [0.25, 0.3) is 5.91 Å². The number of hydrogen-bond donors (Lipinski definition) is 3. The molecule has 30 heavy (non-hydrogen) atoms. The summed E-state index contributed by atoms with van der Waals surface area (Å²) in [4.78, 5) is 31.7. The summed E-state index contributed by atoms with van der Waals surface area (Å²) in [7, 11) is 1.54. The first-order chi connectivity index (χ1) is 14.5. The van der Waals surface area contributed by atoms with Crippen LogP contribution in [0.15, 0.2) is 53.1 Å². The molecule has 1 unspecified atom stereocenters. The van der Waals surface area contributed by atoms with Gasteiger partial charge in [0, 0.05) is 5.56 Å². The summed E-state index contributed by atoms with van der Waals surface area (Å²) < 4.78 is 10.4. The first-order valence-corrected chi connectivity index (χ1v) is 9.11. The molecule has 1 amide bonds. The van der Waals surface area contributed by atoms with Gasteiger partial charge in [0.05, 0.1) is 24.2 Å². The fourth-order valence-corrected chi connectivity index (χ4v) is 3.14. The van der Waals surface area contributed by atoms with Crippen molar-refractivity contribution in [1.29, 1.82) is 0 Å². The van der Waals surface area contributed by atoms with E-state index in [0.717, 1.165) is 5.52 Å². The number of aromatic carboxylic acids is 1. The Morgan fingerprint density at radius 1 is 1.17 bits per heavy atom. The predicted octanol–water partition coefficient (Wildman–Crippen LogP) is 3.42. The minimum absolute atomic E-state index is 0.0396.